The van der Waals surface area contributed by atoms with Gasteiger partial charge in [-0.3, -0.25) is 4.79 Å². The van der Waals surface area contributed by atoms with E-state index in [1.54, 1.807) is 30.9 Å². The highest BCUT2D eigenvalue weighted by atomic mass is 35.5. The molecule has 1 amide bonds. The number of rotatable bonds is 6. The van der Waals surface area contributed by atoms with Gasteiger partial charge in [-0.05, 0) is 35.7 Å². The summed E-state index contributed by atoms with van der Waals surface area (Å²) in [7, 11) is -4.21. The van der Waals surface area contributed by atoms with Crippen LogP contribution in [0.3, 0.4) is 0 Å². The van der Waals surface area contributed by atoms with E-state index in [4.69, 9.17) is 16.3 Å². The Bertz CT molecular complexity index is 998. The van der Waals surface area contributed by atoms with Crippen LogP contribution in [0.1, 0.15) is 25.5 Å². The smallest absolute Gasteiger partial charge is 0.244 e. The molecular formula is C21H24ClFN2O4S. The number of nitrogens with one attached hydrogen (secondary N) is 1. The zero-order valence-electron chi connectivity index (χ0n) is 16.7. The van der Waals surface area contributed by atoms with Crippen LogP contribution in [0.2, 0.25) is 5.02 Å². The number of carbonyl (C=O) groups excluding carboxylic acids is 1. The molecule has 1 saturated heterocycles. The average Bonchev–Trinajstić information content (AvgIpc) is 2.72. The third kappa shape index (κ3) is 5.18. The Labute approximate surface area is 181 Å². The fourth-order valence-electron chi connectivity index (χ4n) is 3.29. The first kappa shape index (κ1) is 22.7. The van der Waals surface area contributed by atoms with Crippen molar-refractivity contribution >= 4 is 27.5 Å². The van der Waals surface area contributed by atoms with Crippen molar-refractivity contribution in [2.75, 3.05) is 19.7 Å². The molecule has 162 valence electrons. The summed E-state index contributed by atoms with van der Waals surface area (Å²) >= 11 is 5.93. The van der Waals surface area contributed by atoms with Gasteiger partial charge in [0.15, 0.2) is 0 Å². The van der Waals surface area contributed by atoms with E-state index in [1.807, 2.05) is 12.1 Å². The Kier molecular flexibility index (Phi) is 7.13. The highest BCUT2D eigenvalue weighted by molar-refractivity contribution is 7.89. The summed E-state index contributed by atoms with van der Waals surface area (Å²) in [6.07, 6.45) is -0.337. The van der Waals surface area contributed by atoms with Crippen molar-refractivity contribution in [2.45, 2.75) is 30.9 Å². The average molecular weight is 455 g/mol. The zero-order chi connectivity index (χ0) is 21.9. The number of hydrogen-bond acceptors (Lipinski definition) is 4. The maximum absolute atomic E-state index is 14.0. The first-order valence-electron chi connectivity index (χ1n) is 9.62. The van der Waals surface area contributed by atoms with Gasteiger partial charge in [0, 0.05) is 11.6 Å². The van der Waals surface area contributed by atoms with Crippen LogP contribution in [0.15, 0.2) is 53.4 Å². The molecule has 2 aromatic carbocycles. The van der Waals surface area contributed by atoms with E-state index >= 15 is 0 Å². The maximum atomic E-state index is 14.0. The lowest BCUT2D eigenvalue weighted by Gasteiger charge is -2.36. The van der Waals surface area contributed by atoms with Crippen LogP contribution in [0.5, 0.6) is 0 Å². The lowest BCUT2D eigenvalue weighted by molar-refractivity contribution is -0.141. The van der Waals surface area contributed by atoms with E-state index in [-0.39, 0.29) is 24.5 Å². The topological polar surface area (TPSA) is 75.7 Å². The molecule has 0 radical (unpaired) electrons. The van der Waals surface area contributed by atoms with Crippen LogP contribution in [0.25, 0.3) is 0 Å². The van der Waals surface area contributed by atoms with E-state index in [0.29, 0.717) is 18.2 Å². The van der Waals surface area contributed by atoms with Gasteiger partial charge in [0.2, 0.25) is 15.9 Å². The first-order chi connectivity index (χ1) is 14.2. The third-order valence-electron chi connectivity index (χ3n) is 4.96. The lowest BCUT2D eigenvalue weighted by Crippen LogP contribution is -2.54. The number of amides is 1. The van der Waals surface area contributed by atoms with E-state index in [2.05, 4.69) is 4.72 Å². The fourth-order valence-corrected chi connectivity index (χ4v) is 4.83. The lowest BCUT2D eigenvalue weighted by atomic mass is 10.0. The van der Waals surface area contributed by atoms with Crippen molar-refractivity contribution in [3.8, 4) is 0 Å². The van der Waals surface area contributed by atoms with Gasteiger partial charge >= 0.3 is 0 Å². The quantitative estimate of drug-likeness (QED) is 0.726. The number of morpholine rings is 1. The molecule has 1 fully saturated rings. The summed E-state index contributed by atoms with van der Waals surface area (Å²) in [5.41, 5.74) is 0.880. The molecule has 1 aliphatic heterocycles. The second-order valence-electron chi connectivity index (χ2n) is 7.47. The standard InChI is InChI=1S/C21H24ClFN2O4S/c1-14(2)20(24-30(27,28)19-6-4-3-5-17(19)23)21(26)25-11-12-29-18(13-25)15-7-9-16(22)10-8-15/h3-10,14,18,20,24H,11-13H2,1-2H3/t18?,20-/m0/s1. The van der Waals surface area contributed by atoms with Crippen molar-refractivity contribution in [1.82, 2.24) is 9.62 Å². The number of carbonyl (C=O) groups is 1. The third-order valence-corrected chi connectivity index (χ3v) is 6.69. The molecule has 0 spiro atoms. The summed E-state index contributed by atoms with van der Waals surface area (Å²) in [5, 5.41) is 0.602. The Morgan fingerprint density at radius 3 is 2.50 bits per heavy atom. The number of sulfonamides is 1. The van der Waals surface area contributed by atoms with Gasteiger partial charge in [-0.1, -0.05) is 49.7 Å². The highest BCUT2D eigenvalue weighted by Gasteiger charge is 2.35. The van der Waals surface area contributed by atoms with Gasteiger partial charge in [-0.2, -0.15) is 4.72 Å². The van der Waals surface area contributed by atoms with Crippen LogP contribution in [-0.4, -0.2) is 45.0 Å². The molecule has 1 heterocycles. The second kappa shape index (κ2) is 9.43. The molecule has 2 aromatic rings. The Hall–Kier alpha value is -2.00. The molecule has 0 saturated carbocycles. The van der Waals surface area contributed by atoms with Gasteiger partial charge < -0.3 is 9.64 Å². The zero-order valence-corrected chi connectivity index (χ0v) is 18.3. The van der Waals surface area contributed by atoms with Crippen molar-refractivity contribution in [2.24, 2.45) is 5.92 Å². The molecule has 3 rings (SSSR count). The SMILES string of the molecule is CC(C)[C@H](NS(=O)(=O)c1ccccc1F)C(=O)N1CCOC(c2ccc(Cl)cc2)C1. The maximum Gasteiger partial charge on any atom is 0.244 e. The molecule has 0 aliphatic carbocycles. The highest BCUT2D eigenvalue weighted by Crippen LogP contribution is 2.25. The van der Waals surface area contributed by atoms with Gasteiger partial charge in [-0.25, -0.2) is 12.8 Å². The second-order valence-corrected chi connectivity index (χ2v) is 9.59. The van der Waals surface area contributed by atoms with Crippen LogP contribution < -0.4 is 4.72 Å². The number of nitrogens with zero attached hydrogens (tertiary/aromatic N) is 1. The minimum Gasteiger partial charge on any atom is -0.370 e. The summed E-state index contributed by atoms with van der Waals surface area (Å²) in [4.78, 5) is 14.3. The molecule has 6 nitrogen and oxygen atoms in total. The number of hydrogen-bond donors (Lipinski definition) is 1. The van der Waals surface area contributed by atoms with E-state index in [9.17, 15) is 17.6 Å². The molecule has 0 aromatic heterocycles. The molecule has 30 heavy (non-hydrogen) atoms. The molecule has 0 bridgehead atoms. The van der Waals surface area contributed by atoms with Gasteiger partial charge in [0.1, 0.15) is 22.9 Å². The summed E-state index contributed by atoms with van der Waals surface area (Å²) in [5.74, 6) is -1.57. The molecule has 9 heteroatoms. The minimum absolute atomic E-state index is 0.283. The number of ether oxygens (including phenoxy) is 1. The molecular weight excluding hydrogens is 431 g/mol. The Balaban J connectivity index is 1.78. The van der Waals surface area contributed by atoms with Gasteiger partial charge in [0.25, 0.3) is 0 Å². The summed E-state index contributed by atoms with van der Waals surface area (Å²) in [6.45, 7) is 4.43. The minimum atomic E-state index is -4.21. The first-order valence-corrected chi connectivity index (χ1v) is 11.5. The van der Waals surface area contributed by atoms with Crippen molar-refractivity contribution in [1.29, 1.82) is 0 Å². The van der Waals surface area contributed by atoms with Crippen molar-refractivity contribution in [3.63, 3.8) is 0 Å². The van der Waals surface area contributed by atoms with Crippen LogP contribution in [0, 0.1) is 11.7 Å². The van der Waals surface area contributed by atoms with Crippen LogP contribution in [-0.2, 0) is 19.6 Å². The summed E-state index contributed by atoms with van der Waals surface area (Å²) in [6, 6.07) is 11.2. The van der Waals surface area contributed by atoms with Crippen LogP contribution >= 0.6 is 11.6 Å². The normalized spacial score (nSPS) is 18.4. The Morgan fingerprint density at radius 1 is 1.20 bits per heavy atom. The molecule has 1 N–H and O–H groups in total. The largest absolute Gasteiger partial charge is 0.370 e. The fraction of sp³-hybridized carbons (Fsp3) is 0.381. The van der Waals surface area contributed by atoms with E-state index < -0.39 is 26.8 Å². The molecule has 1 aliphatic rings. The molecule has 2 atom stereocenters. The monoisotopic (exact) mass is 454 g/mol. The predicted octanol–water partition coefficient (Wildman–Crippen LogP) is 3.38. The van der Waals surface area contributed by atoms with Crippen LogP contribution in [0.4, 0.5) is 4.39 Å². The number of halogens is 2. The van der Waals surface area contributed by atoms with Crippen molar-refractivity contribution in [3.05, 3.63) is 64.9 Å². The van der Waals surface area contributed by atoms with Gasteiger partial charge in [-0.15, -0.1) is 0 Å². The van der Waals surface area contributed by atoms with E-state index in [0.717, 1.165) is 11.6 Å². The molecule has 1 unspecified atom stereocenters. The Morgan fingerprint density at radius 2 is 1.87 bits per heavy atom. The number of benzene rings is 2. The predicted molar refractivity (Wildman–Crippen MR) is 112 cm³/mol. The summed E-state index contributed by atoms with van der Waals surface area (Å²) < 4.78 is 47.6. The van der Waals surface area contributed by atoms with Gasteiger partial charge in [0.05, 0.1) is 13.2 Å². The van der Waals surface area contributed by atoms with E-state index in [1.165, 1.54) is 18.2 Å². The van der Waals surface area contributed by atoms with Crippen molar-refractivity contribution < 1.29 is 22.3 Å².